The lowest BCUT2D eigenvalue weighted by Crippen LogP contribution is -2.60. The Balaban J connectivity index is 2.58. The zero-order valence-electron chi connectivity index (χ0n) is 10.5. The number of rotatable bonds is 0. The van der Waals surface area contributed by atoms with Crippen molar-refractivity contribution in [1.29, 1.82) is 0 Å². The molecule has 0 radical (unpaired) electrons. The molecule has 19 heavy (non-hydrogen) atoms. The average Bonchev–Trinajstić information content (AvgIpc) is 2.28. The van der Waals surface area contributed by atoms with Gasteiger partial charge in [0.05, 0.1) is 10.9 Å². The van der Waals surface area contributed by atoms with E-state index in [4.69, 9.17) is 11.6 Å². The van der Waals surface area contributed by atoms with Crippen molar-refractivity contribution in [2.24, 2.45) is 0 Å². The van der Waals surface area contributed by atoms with Gasteiger partial charge in [-0.3, -0.25) is 9.69 Å². The van der Waals surface area contributed by atoms with Crippen LogP contribution >= 0.6 is 11.6 Å². The van der Waals surface area contributed by atoms with Crippen molar-refractivity contribution in [1.82, 2.24) is 0 Å². The SMILES string of the molecule is CC1(C)C(Cl)Cc2ccccc2N1C(=O)C(F)(F)F. The summed E-state index contributed by atoms with van der Waals surface area (Å²) < 4.78 is 38.3. The summed E-state index contributed by atoms with van der Waals surface area (Å²) in [5, 5.41) is -0.575. The molecule has 1 aromatic rings. The molecule has 0 fully saturated rings. The number of benzene rings is 1. The molecule has 0 aliphatic carbocycles. The third-order valence-corrected chi connectivity index (χ3v) is 4.11. The first-order valence-electron chi connectivity index (χ1n) is 5.79. The van der Waals surface area contributed by atoms with Gasteiger partial charge in [-0.15, -0.1) is 11.6 Å². The molecule has 0 saturated heterocycles. The summed E-state index contributed by atoms with van der Waals surface area (Å²) in [6, 6.07) is 6.54. The zero-order valence-corrected chi connectivity index (χ0v) is 11.2. The van der Waals surface area contributed by atoms with E-state index >= 15 is 0 Å². The molecule has 1 unspecified atom stereocenters. The standard InChI is InChI=1S/C13H13ClF3NO/c1-12(2)10(14)7-8-5-3-4-6-9(8)18(12)11(19)13(15,16)17/h3-6,10H,7H2,1-2H3. The van der Waals surface area contributed by atoms with Crippen LogP contribution in [0.25, 0.3) is 0 Å². The number of carbonyl (C=O) groups is 1. The van der Waals surface area contributed by atoms with Crippen molar-refractivity contribution in [3.63, 3.8) is 0 Å². The number of para-hydroxylation sites is 1. The van der Waals surface area contributed by atoms with Gasteiger partial charge < -0.3 is 0 Å². The minimum absolute atomic E-state index is 0.284. The third-order valence-electron chi connectivity index (χ3n) is 3.42. The highest BCUT2D eigenvalue weighted by Crippen LogP contribution is 2.41. The number of nitrogens with zero attached hydrogens (tertiary/aromatic N) is 1. The molecule has 1 aromatic carbocycles. The number of anilines is 1. The van der Waals surface area contributed by atoms with Gasteiger partial charge in [0, 0.05) is 5.69 Å². The summed E-state index contributed by atoms with van der Waals surface area (Å²) in [6.45, 7) is 3.09. The van der Waals surface area contributed by atoms with Crippen LogP contribution in [0.5, 0.6) is 0 Å². The third kappa shape index (κ3) is 2.31. The molecule has 1 heterocycles. The van der Waals surface area contributed by atoms with Crippen LogP contribution in [0.3, 0.4) is 0 Å². The second-order valence-electron chi connectivity index (χ2n) is 5.09. The largest absolute Gasteiger partial charge is 0.471 e. The quantitative estimate of drug-likeness (QED) is 0.670. The van der Waals surface area contributed by atoms with Crippen molar-refractivity contribution in [2.45, 2.75) is 37.4 Å². The monoisotopic (exact) mass is 291 g/mol. The Hall–Kier alpha value is -1.23. The summed E-state index contributed by atoms with van der Waals surface area (Å²) in [5.41, 5.74) is -0.158. The van der Waals surface area contributed by atoms with Crippen LogP contribution in [0.2, 0.25) is 0 Å². The Labute approximate surface area is 114 Å². The first-order chi connectivity index (χ1) is 8.65. The predicted octanol–water partition coefficient (Wildman–Crippen LogP) is 3.52. The van der Waals surface area contributed by atoms with Gasteiger partial charge in [-0.25, -0.2) is 0 Å². The Bertz CT molecular complexity index is 513. The number of carbonyl (C=O) groups excluding carboxylic acids is 1. The van der Waals surface area contributed by atoms with Crippen molar-refractivity contribution in [3.8, 4) is 0 Å². The molecule has 0 aromatic heterocycles. The molecule has 104 valence electrons. The maximum Gasteiger partial charge on any atom is 0.471 e. The lowest BCUT2D eigenvalue weighted by molar-refractivity contribution is -0.171. The van der Waals surface area contributed by atoms with Crippen molar-refractivity contribution in [3.05, 3.63) is 29.8 Å². The van der Waals surface area contributed by atoms with Gasteiger partial charge in [0.15, 0.2) is 0 Å². The van der Waals surface area contributed by atoms with E-state index < -0.39 is 23.0 Å². The molecule has 2 rings (SSSR count). The van der Waals surface area contributed by atoms with Crippen LogP contribution in [0.1, 0.15) is 19.4 Å². The minimum Gasteiger partial charge on any atom is -0.297 e. The zero-order chi connectivity index (χ0) is 14.4. The number of alkyl halides is 4. The van der Waals surface area contributed by atoms with E-state index in [1.54, 1.807) is 32.0 Å². The highest BCUT2D eigenvalue weighted by Gasteiger charge is 2.51. The maximum absolute atomic E-state index is 12.8. The van der Waals surface area contributed by atoms with Gasteiger partial charge in [-0.1, -0.05) is 18.2 Å². The maximum atomic E-state index is 12.8. The minimum atomic E-state index is -4.92. The molecule has 6 heteroatoms. The topological polar surface area (TPSA) is 20.3 Å². The van der Waals surface area contributed by atoms with Crippen LogP contribution in [0.15, 0.2) is 24.3 Å². The molecular formula is C13H13ClF3NO. The van der Waals surface area contributed by atoms with E-state index in [1.807, 2.05) is 0 Å². The predicted molar refractivity (Wildman–Crippen MR) is 67.4 cm³/mol. The molecule has 1 atom stereocenters. The molecule has 1 aliphatic heterocycles. The summed E-state index contributed by atoms with van der Waals surface area (Å²) in [5.74, 6) is -1.88. The summed E-state index contributed by atoms with van der Waals surface area (Å²) in [7, 11) is 0. The van der Waals surface area contributed by atoms with E-state index in [1.165, 1.54) is 6.07 Å². The molecule has 0 saturated carbocycles. The number of hydrogen-bond acceptors (Lipinski definition) is 1. The highest BCUT2D eigenvalue weighted by molar-refractivity contribution is 6.23. The molecular weight excluding hydrogens is 279 g/mol. The fourth-order valence-electron chi connectivity index (χ4n) is 2.29. The number of fused-ring (bicyclic) bond motifs is 1. The van der Waals surface area contributed by atoms with E-state index in [0.29, 0.717) is 12.0 Å². The summed E-state index contributed by atoms with van der Waals surface area (Å²) in [4.78, 5) is 12.5. The van der Waals surface area contributed by atoms with E-state index in [9.17, 15) is 18.0 Å². The highest BCUT2D eigenvalue weighted by atomic mass is 35.5. The van der Waals surface area contributed by atoms with Gasteiger partial charge >= 0.3 is 12.1 Å². The molecule has 0 bridgehead atoms. The second-order valence-corrected chi connectivity index (χ2v) is 5.62. The van der Waals surface area contributed by atoms with Crippen LogP contribution < -0.4 is 4.90 Å². The van der Waals surface area contributed by atoms with Crippen molar-refractivity contribution >= 4 is 23.2 Å². The van der Waals surface area contributed by atoms with Gasteiger partial charge in [0.2, 0.25) is 0 Å². The average molecular weight is 292 g/mol. The van der Waals surface area contributed by atoms with Crippen LogP contribution in [0, 0.1) is 0 Å². The van der Waals surface area contributed by atoms with Gasteiger partial charge in [0.25, 0.3) is 0 Å². The second kappa shape index (κ2) is 4.40. The first-order valence-corrected chi connectivity index (χ1v) is 6.22. The Morgan fingerprint density at radius 3 is 2.53 bits per heavy atom. The first kappa shape index (κ1) is 14.2. The van der Waals surface area contributed by atoms with Crippen molar-refractivity contribution < 1.29 is 18.0 Å². The number of halogens is 4. The van der Waals surface area contributed by atoms with E-state index in [-0.39, 0.29) is 5.69 Å². The molecule has 2 nitrogen and oxygen atoms in total. The van der Waals surface area contributed by atoms with E-state index in [0.717, 1.165) is 4.90 Å². The lowest BCUT2D eigenvalue weighted by atomic mass is 9.86. The van der Waals surface area contributed by atoms with Crippen LogP contribution in [-0.2, 0) is 11.2 Å². The smallest absolute Gasteiger partial charge is 0.297 e. The summed E-state index contributed by atoms with van der Waals surface area (Å²) >= 11 is 6.16. The van der Waals surface area contributed by atoms with Gasteiger partial charge in [-0.2, -0.15) is 13.2 Å². The van der Waals surface area contributed by atoms with Gasteiger partial charge in [-0.05, 0) is 31.9 Å². The molecule has 0 spiro atoms. The summed E-state index contributed by atoms with van der Waals surface area (Å²) in [6.07, 6.45) is -4.48. The van der Waals surface area contributed by atoms with Crippen LogP contribution in [0.4, 0.5) is 18.9 Å². The fourth-order valence-corrected chi connectivity index (χ4v) is 2.56. The fraction of sp³-hybridized carbons (Fsp3) is 0.462. The van der Waals surface area contributed by atoms with Crippen molar-refractivity contribution in [2.75, 3.05) is 4.90 Å². The Morgan fingerprint density at radius 2 is 1.95 bits per heavy atom. The Morgan fingerprint density at radius 1 is 1.37 bits per heavy atom. The normalized spacial score (nSPS) is 22.0. The number of hydrogen-bond donors (Lipinski definition) is 0. The molecule has 1 amide bonds. The molecule has 0 N–H and O–H groups in total. The Kier molecular flexibility index (Phi) is 3.29. The lowest BCUT2D eigenvalue weighted by Gasteiger charge is -2.46. The number of amides is 1. The van der Waals surface area contributed by atoms with Gasteiger partial charge in [0.1, 0.15) is 0 Å². The molecule has 1 aliphatic rings. The van der Waals surface area contributed by atoms with E-state index in [2.05, 4.69) is 0 Å². The van der Waals surface area contributed by atoms with Crippen LogP contribution in [-0.4, -0.2) is 23.0 Å².